The fourth-order valence-electron chi connectivity index (χ4n) is 3.20. The third kappa shape index (κ3) is 4.66. The molecule has 0 saturated carbocycles. The van der Waals surface area contributed by atoms with Gasteiger partial charge in [0.1, 0.15) is 5.82 Å². The topological polar surface area (TPSA) is 108 Å². The Labute approximate surface area is 195 Å². The van der Waals surface area contributed by atoms with Crippen LogP contribution in [0.3, 0.4) is 0 Å². The van der Waals surface area contributed by atoms with Gasteiger partial charge in [-0.2, -0.15) is 5.10 Å². The van der Waals surface area contributed by atoms with E-state index in [1.807, 2.05) is 12.1 Å². The molecule has 0 aliphatic rings. The zero-order valence-corrected chi connectivity index (χ0v) is 18.4. The van der Waals surface area contributed by atoms with Crippen molar-refractivity contribution in [1.29, 1.82) is 0 Å². The van der Waals surface area contributed by atoms with Crippen LogP contribution >= 0.6 is 22.9 Å². The molecule has 3 aromatic heterocycles. The van der Waals surface area contributed by atoms with Gasteiger partial charge in [-0.1, -0.05) is 35.1 Å². The summed E-state index contributed by atoms with van der Waals surface area (Å²) in [7, 11) is 0. The monoisotopic (exact) mass is 479 g/mol. The molecular formula is C22H15ClFN7OS. The first kappa shape index (κ1) is 21.0. The molecule has 0 atom stereocenters. The van der Waals surface area contributed by atoms with Crippen LogP contribution in [0.25, 0.3) is 21.5 Å². The minimum absolute atomic E-state index is 0.124. The summed E-state index contributed by atoms with van der Waals surface area (Å²) in [5, 5.41) is 23.8. The average molecular weight is 480 g/mol. The normalized spacial score (nSPS) is 11.0. The molecule has 5 rings (SSSR count). The van der Waals surface area contributed by atoms with E-state index in [1.54, 1.807) is 36.8 Å². The number of benzene rings is 2. The summed E-state index contributed by atoms with van der Waals surface area (Å²) in [6.07, 6.45) is 4.98. The lowest BCUT2D eigenvalue weighted by atomic mass is 10.1. The molecule has 8 nitrogen and oxygen atoms in total. The molecule has 5 aromatic rings. The van der Waals surface area contributed by atoms with E-state index in [2.05, 4.69) is 36.0 Å². The number of aromatic amines is 1. The van der Waals surface area contributed by atoms with Crippen LogP contribution in [-0.2, 0) is 11.2 Å². The first-order valence-corrected chi connectivity index (χ1v) is 11.0. The molecule has 164 valence electrons. The second-order valence-electron chi connectivity index (χ2n) is 7.11. The maximum atomic E-state index is 13.0. The molecule has 0 aliphatic carbocycles. The van der Waals surface area contributed by atoms with E-state index in [9.17, 15) is 9.18 Å². The highest BCUT2D eigenvalue weighted by molar-refractivity contribution is 7.18. The van der Waals surface area contributed by atoms with Gasteiger partial charge in [0.05, 0.1) is 40.7 Å². The maximum absolute atomic E-state index is 13.0. The van der Waals surface area contributed by atoms with E-state index in [0.717, 1.165) is 10.9 Å². The lowest BCUT2D eigenvalue weighted by molar-refractivity contribution is -0.115. The quantitative estimate of drug-likeness (QED) is 0.309. The maximum Gasteiger partial charge on any atom is 0.228 e. The number of amides is 1. The van der Waals surface area contributed by atoms with Crippen molar-refractivity contribution < 1.29 is 9.18 Å². The highest BCUT2D eigenvalue weighted by Gasteiger charge is 2.13. The highest BCUT2D eigenvalue weighted by Crippen LogP contribution is 2.34. The predicted octanol–water partition coefficient (Wildman–Crippen LogP) is 5.19. The van der Waals surface area contributed by atoms with Gasteiger partial charge in [0.2, 0.25) is 11.0 Å². The summed E-state index contributed by atoms with van der Waals surface area (Å²) in [6.45, 7) is 0. The summed E-state index contributed by atoms with van der Waals surface area (Å²) in [5.41, 5.74) is 3.47. The Morgan fingerprint density at radius 1 is 1.09 bits per heavy atom. The van der Waals surface area contributed by atoms with E-state index in [4.69, 9.17) is 11.6 Å². The Morgan fingerprint density at radius 2 is 1.94 bits per heavy atom. The van der Waals surface area contributed by atoms with E-state index >= 15 is 0 Å². The van der Waals surface area contributed by atoms with Crippen molar-refractivity contribution in [3.63, 3.8) is 0 Å². The van der Waals surface area contributed by atoms with Crippen molar-refractivity contribution in [2.24, 2.45) is 0 Å². The van der Waals surface area contributed by atoms with Gasteiger partial charge in [-0.15, -0.1) is 10.2 Å². The first-order valence-electron chi connectivity index (χ1n) is 9.77. The van der Waals surface area contributed by atoms with E-state index in [-0.39, 0.29) is 18.1 Å². The third-order valence-corrected chi connectivity index (χ3v) is 6.07. The number of hydrogen-bond acceptors (Lipinski definition) is 7. The number of carbonyl (C=O) groups excluding carboxylic acids is 1. The molecule has 2 aromatic carbocycles. The van der Waals surface area contributed by atoms with Gasteiger partial charge in [-0.3, -0.25) is 14.9 Å². The zero-order chi connectivity index (χ0) is 22.8. The lowest BCUT2D eigenvalue weighted by Crippen LogP contribution is -2.14. The second kappa shape index (κ2) is 8.93. The van der Waals surface area contributed by atoms with Crippen LogP contribution in [0, 0.1) is 5.82 Å². The summed E-state index contributed by atoms with van der Waals surface area (Å²) < 4.78 is 13.0. The minimum Gasteiger partial charge on any atom is -0.329 e. The highest BCUT2D eigenvalue weighted by atomic mass is 35.5. The van der Waals surface area contributed by atoms with Crippen LogP contribution in [0.15, 0.2) is 61.1 Å². The van der Waals surface area contributed by atoms with Crippen molar-refractivity contribution in [3.8, 4) is 10.6 Å². The van der Waals surface area contributed by atoms with Crippen LogP contribution in [0.1, 0.15) is 5.56 Å². The fraction of sp³-hybridized carbons (Fsp3) is 0.0455. The number of pyridine rings is 1. The van der Waals surface area contributed by atoms with Gasteiger partial charge in [-0.25, -0.2) is 4.39 Å². The largest absolute Gasteiger partial charge is 0.329 e. The van der Waals surface area contributed by atoms with Crippen molar-refractivity contribution in [3.05, 3.63) is 77.5 Å². The number of nitrogens with zero attached hydrogens (tertiary/aromatic N) is 4. The molecule has 0 radical (unpaired) electrons. The van der Waals surface area contributed by atoms with Gasteiger partial charge >= 0.3 is 0 Å². The number of hydrogen-bond donors (Lipinski definition) is 3. The van der Waals surface area contributed by atoms with Crippen LogP contribution < -0.4 is 10.6 Å². The van der Waals surface area contributed by atoms with Crippen molar-refractivity contribution >= 4 is 56.3 Å². The molecule has 3 heterocycles. The number of carbonyl (C=O) groups is 1. The van der Waals surface area contributed by atoms with Gasteiger partial charge in [0.15, 0.2) is 5.01 Å². The molecule has 11 heteroatoms. The number of rotatable bonds is 6. The smallest absolute Gasteiger partial charge is 0.228 e. The summed E-state index contributed by atoms with van der Waals surface area (Å²) in [4.78, 5) is 16.5. The molecule has 0 bridgehead atoms. The van der Waals surface area contributed by atoms with Crippen LogP contribution in [-0.4, -0.2) is 31.3 Å². The summed E-state index contributed by atoms with van der Waals surface area (Å²) in [5.74, 6) is -0.573. The summed E-state index contributed by atoms with van der Waals surface area (Å²) in [6, 6.07) is 11.3. The molecule has 1 amide bonds. The molecule has 33 heavy (non-hydrogen) atoms. The van der Waals surface area contributed by atoms with E-state index in [1.165, 1.54) is 23.5 Å². The first-order chi connectivity index (χ1) is 16.0. The predicted molar refractivity (Wildman–Crippen MR) is 126 cm³/mol. The van der Waals surface area contributed by atoms with Crippen LogP contribution in [0.2, 0.25) is 5.02 Å². The molecule has 0 aliphatic heterocycles. The van der Waals surface area contributed by atoms with E-state index in [0.29, 0.717) is 37.7 Å². The van der Waals surface area contributed by atoms with Gasteiger partial charge in [0, 0.05) is 17.1 Å². The van der Waals surface area contributed by atoms with Crippen molar-refractivity contribution in [2.75, 3.05) is 10.6 Å². The molecule has 0 saturated heterocycles. The standard InChI is InChI=1S/C22H15ClFN7OS/c23-20-16-11-26-29-17(16)5-6-18(20)28-22-31-30-21(33-22)13-8-15(10-25-9-13)27-19(32)7-12-1-3-14(24)4-2-12/h1-6,8-11H,7H2,(H,26,29)(H,27,32)(H,28,31). The number of fused-ring (bicyclic) bond motifs is 1. The Morgan fingerprint density at radius 3 is 2.79 bits per heavy atom. The van der Waals surface area contributed by atoms with E-state index < -0.39 is 0 Å². The third-order valence-electron chi connectivity index (χ3n) is 4.77. The molecule has 3 N–H and O–H groups in total. The molecular weight excluding hydrogens is 465 g/mol. The Bertz CT molecular complexity index is 1450. The molecule has 0 fully saturated rings. The Hall–Kier alpha value is -3.89. The fourth-order valence-corrected chi connectivity index (χ4v) is 4.20. The SMILES string of the molecule is O=C(Cc1ccc(F)cc1)Nc1cncc(-c2nnc(Nc3ccc4[nH]ncc4c3Cl)s2)c1. The number of H-pyrrole nitrogens is 1. The summed E-state index contributed by atoms with van der Waals surface area (Å²) >= 11 is 7.78. The Balaban J connectivity index is 1.29. The average Bonchev–Trinajstić information content (AvgIpc) is 3.48. The molecule has 0 unspecified atom stereocenters. The number of halogens is 2. The Kier molecular flexibility index (Phi) is 5.68. The second-order valence-corrected chi connectivity index (χ2v) is 8.46. The zero-order valence-electron chi connectivity index (χ0n) is 16.8. The molecule has 0 spiro atoms. The van der Waals surface area contributed by atoms with Crippen LogP contribution in [0.4, 0.5) is 20.9 Å². The minimum atomic E-state index is -0.341. The number of anilines is 3. The van der Waals surface area contributed by atoms with Crippen molar-refractivity contribution in [1.82, 2.24) is 25.4 Å². The van der Waals surface area contributed by atoms with Gasteiger partial charge < -0.3 is 10.6 Å². The van der Waals surface area contributed by atoms with Gasteiger partial charge in [0.25, 0.3) is 0 Å². The lowest BCUT2D eigenvalue weighted by Gasteiger charge is -2.06. The van der Waals surface area contributed by atoms with Crippen molar-refractivity contribution in [2.45, 2.75) is 6.42 Å². The van der Waals surface area contributed by atoms with Gasteiger partial charge in [-0.05, 0) is 35.9 Å². The van der Waals surface area contributed by atoms with Crippen LogP contribution in [0.5, 0.6) is 0 Å². The number of aromatic nitrogens is 5. The number of nitrogens with one attached hydrogen (secondary N) is 3.